The van der Waals surface area contributed by atoms with Crippen molar-refractivity contribution in [1.82, 2.24) is 9.78 Å². The molecular formula is C12H15N3. The van der Waals surface area contributed by atoms with E-state index in [4.69, 9.17) is 5.73 Å². The van der Waals surface area contributed by atoms with E-state index in [1.165, 1.54) is 5.56 Å². The molecule has 0 atom stereocenters. The van der Waals surface area contributed by atoms with Crippen LogP contribution in [0.3, 0.4) is 0 Å². The number of hydrogen-bond acceptors (Lipinski definition) is 2. The first kappa shape index (κ1) is 9.77. The molecule has 1 heterocycles. The molecule has 78 valence electrons. The van der Waals surface area contributed by atoms with Crippen molar-refractivity contribution in [3.63, 3.8) is 0 Å². The lowest BCUT2D eigenvalue weighted by molar-refractivity contribution is 0.763. The van der Waals surface area contributed by atoms with Crippen molar-refractivity contribution in [3.05, 3.63) is 35.5 Å². The summed E-state index contributed by atoms with van der Waals surface area (Å²) in [6.07, 6.45) is 0. The van der Waals surface area contributed by atoms with Gasteiger partial charge >= 0.3 is 0 Å². The Hall–Kier alpha value is -1.77. The van der Waals surface area contributed by atoms with E-state index in [1.807, 2.05) is 30.8 Å². The average Bonchev–Trinajstić information content (AvgIpc) is 2.43. The fourth-order valence-electron chi connectivity index (χ4n) is 1.83. The van der Waals surface area contributed by atoms with Crippen LogP contribution in [0.2, 0.25) is 0 Å². The Bertz CT molecular complexity index is 498. The van der Waals surface area contributed by atoms with Crippen LogP contribution < -0.4 is 5.73 Å². The van der Waals surface area contributed by atoms with Crippen LogP contribution in [0, 0.1) is 13.8 Å². The third-order valence-corrected chi connectivity index (χ3v) is 2.67. The second kappa shape index (κ2) is 3.42. The minimum atomic E-state index is 0.770. The Balaban J connectivity index is 2.69. The molecule has 2 rings (SSSR count). The van der Waals surface area contributed by atoms with E-state index in [0.717, 1.165) is 22.6 Å². The van der Waals surface area contributed by atoms with E-state index in [1.54, 1.807) is 0 Å². The highest BCUT2D eigenvalue weighted by Crippen LogP contribution is 2.29. The van der Waals surface area contributed by atoms with E-state index in [9.17, 15) is 0 Å². The van der Waals surface area contributed by atoms with Crippen molar-refractivity contribution in [2.45, 2.75) is 13.8 Å². The van der Waals surface area contributed by atoms with Gasteiger partial charge < -0.3 is 5.73 Å². The standard InChI is InChI=1S/C12H15N3/c1-8-6-4-5-7-10(8)12-11(13)9(2)14-15(12)3/h4-7H,13H2,1-3H3. The van der Waals surface area contributed by atoms with Crippen LogP contribution in [0.1, 0.15) is 11.3 Å². The topological polar surface area (TPSA) is 43.8 Å². The number of nitrogen functional groups attached to an aromatic ring is 1. The zero-order chi connectivity index (χ0) is 11.0. The van der Waals surface area contributed by atoms with Crippen LogP contribution in [0.4, 0.5) is 5.69 Å². The van der Waals surface area contributed by atoms with Gasteiger partial charge in [-0.3, -0.25) is 4.68 Å². The number of anilines is 1. The van der Waals surface area contributed by atoms with Crippen molar-refractivity contribution in [2.24, 2.45) is 7.05 Å². The summed E-state index contributed by atoms with van der Waals surface area (Å²) in [6, 6.07) is 8.20. The van der Waals surface area contributed by atoms with E-state index >= 15 is 0 Å². The monoisotopic (exact) mass is 201 g/mol. The predicted octanol–water partition coefficient (Wildman–Crippen LogP) is 2.29. The van der Waals surface area contributed by atoms with E-state index in [2.05, 4.69) is 24.2 Å². The SMILES string of the molecule is Cc1ccccc1-c1c(N)c(C)nn1C. The molecular weight excluding hydrogens is 186 g/mol. The van der Waals surface area contributed by atoms with Crippen molar-refractivity contribution in [3.8, 4) is 11.3 Å². The molecule has 3 heteroatoms. The summed E-state index contributed by atoms with van der Waals surface area (Å²) in [7, 11) is 1.92. The minimum Gasteiger partial charge on any atom is -0.395 e. The van der Waals surface area contributed by atoms with Gasteiger partial charge in [-0.2, -0.15) is 5.10 Å². The molecule has 0 amide bonds. The van der Waals surface area contributed by atoms with Gasteiger partial charge in [0.2, 0.25) is 0 Å². The van der Waals surface area contributed by atoms with E-state index in [-0.39, 0.29) is 0 Å². The molecule has 1 aromatic heterocycles. The number of benzene rings is 1. The van der Waals surface area contributed by atoms with Crippen LogP contribution in [-0.4, -0.2) is 9.78 Å². The Labute approximate surface area is 89.5 Å². The summed E-state index contributed by atoms with van der Waals surface area (Å²) < 4.78 is 1.84. The van der Waals surface area contributed by atoms with Crippen LogP contribution in [0.5, 0.6) is 0 Å². The van der Waals surface area contributed by atoms with Gasteiger partial charge in [-0.1, -0.05) is 24.3 Å². The number of nitrogens with two attached hydrogens (primary N) is 1. The largest absolute Gasteiger partial charge is 0.395 e. The maximum atomic E-state index is 6.02. The zero-order valence-corrected chi connectivity index (χ0v) is 9.28. The first-order valence-corrected chi connectivity index (χ1v) is 4.96. The quantitative estimate of drug-likeness (QED) is 0.769. The number of aromatic nitrogens is 2. The summed E-state index contributed by atoms with van der Waals surface area (Å²) in [4.78, 5) is 0. The lowest BCUT2D eigenvalue weighted by Gasteiger charge is -2.06. The summed E-state index contributed by atoms with van der Waals surface area (Å²) in [5.74, 6) is 0. The summed E-state index contributed by atoms with van der Waals surface area (Å²) in [5, 5.41) is 4.32. The van der Waals surface area contributed by atoms with E-state index < -0.39 is 0 Å². The second-order valence-electron chi connectivity index (χ2n) is 3.79. The lowest BCUT2D eigenvalue weighted by atomic mass is 10.0. The highest BCUT2D eigenvalue weighted by atomic mass is 15.3. The van der Waals surface area contributed by atoms with Crippen molar-refractivity contribution < 1.29 is 0 Å². The number of nitrogens with zero attached hydrogens (tertiary/aromatic N) is 2. The summed E-state index contributed by atoms with van der Waals surface area (Å²) in [6.45, 7) is 4.01. The molecule has 3 nitrogen and oxygen atoms in total. The van der Waals surface area contributed by atoms with E-state index in [0.29, 0.717) is 0 Å². The molecule has 0 radical (unpaired) electrons. The molecule has 1 aromatic carbocycles. The lowest BCUT2D eigenvalue weighted by Crippen LogP contribution is -1.97. The Morgan fingerprint density at radius 2 is 1.87 bits per heavy atom. The highest BCUT2D eigenvalue weighted by Gasteiger charge is 2.13. The number of rotatable bonds is 1. The Morgan fingerprint density at radius 3 is 2.40 bits per heavy atom. The molecule has 2 N–H and O–H groups in total. The third kappa shape index (κ3) is 1.50. The molecule has 0 spiro atoms. The molecule has 0 saturated heterocycles. The van der Waals surface area contributed by atoms with Gasteiger partial charge in [0.1, 0.15) is 0 Å². The van der Waals surface area contributed by atoms with Crippen molar-refractivity contribution in [2.75, 3.05) is 5.73 Å². The number of hydrogen-bond donors (Lipinski definition) is 1. The highest BCUT2D eigenvalue weighted by molar-refractivity contribution is 5.76. The van der Waals surface area contributed by atoms with Crippen LogP contribution in [0.25, 0.3) is 11.3 Å². The Morgan fingerprint density at radius 1 is 1.20 bits per heavy atom. The first-order chi connectivity index (χ1) is 7.11. The average molecular weight is 201 g/mol. The van der Waals surface area contributed by atoms with Gasteiger partial charge in [0, 0.05) is 12.6 Å². The molecule has 0 aliphatic carbocycles. The van der Waals surface area contributed by atoms with Crippen LogP contribution in [0.15, 0.2) is 24.3 Å². The molecule has 0 aliphatic heterocycles. The zero-order valence-electron chi connectivity index (χ0n) is 9.28. The smallest absolute Gasteiger partial charge is 0.0914 e. The van der Waals surface area contributed by atoms with Crippen molar-refractivity contribution >= 4 is 5.69 Å². The summed E-state index contributed by atoms with van der Waals surface area (Å²) in [5.41, 5.74) is 11.0. The fourth-order valence-corrected chi connectivity index (χ4v) is 1.83. The van der Waals surface area contributed by atoms with Gasteiger partial charge in [-0.05, 0) is 19.4 Å². The molecule has 2 aromatic rings. The third-order valence-electron chi connectivity index (χ3n) is 2.67. The maximum Gasteiger partial charge on any atom is 0.0914 e. The van der Waals surface area contributed by atoms with Crippen LogP contribution in [-0.2, 0) is 7.05 Å². The molecule has 0 saturated carbocycles. The molecule has 0 unspecified atom stereocenters. The van der Waals surface area contributed by atoms with Gasteiger partial charge in [0.15, 0.2) is 0 Å². The normalized spacial score (nSPS) is 10.6. The molecule has 15 heavy (non-hydrogen) atoms. The predicted molar refractivity (Wildman–Crippen MR) is 62.5 cm³/mol. The number of aryl methyl sites for hydroxylation is 3. The minimum absolute atomic E-state index is 0.770. The second-order valence-corrected chi connectivity index (χ2v) is 3.79. The van der Waals surface area contributed by atoms with Crippen LogP contribution >= 0.6 is 0 Å². The summed E-state index contributed by atoms with van der Waals surface area (Å²) >= 11 is 0. The van der Waals surface area contributed by atoms with Crippen molar-refractivity contribution in [1.29, 1.82) is 0 Å². The molecule has 0 bridgehead atoms. The van der Waals surface area contributed by atoms with Gasteiger partial charge in [0.25, 0.3) is 0 Å². The van der Waals surface area contributed by atoms with Gasteiger partial charge in [-0.15, -0.1) is 0 Å². The maximum absolute atomic E-state index is 6.02. The molecule has 0 aliphatic rings. The van der Waals surface area contributed by atoms with Gasteiger partial charge in [0.05, 0.1) is 17.1 Å². The Kier molecular flexibility index (Phi) is 2.23. The molecule has 0 fully saturated rings. The van der Waals surface area contributed by atoms with Gasteiger partial charge in [-0.25, -0.2) is 0 Å². The first-order valence-electron chi connectivity index (χ1n) is 4.96. The fraction of sp³-hybridized carbons (Fsp3) is 0.250.